The Labute approximate surface area is 167 Å². The SMILES string of the molecule is O=[P+](OCCOCCOCCOCCO)OCCOCCOCCOCCO. The van der Waals surface area contributed by atoms with Crippen molar-refractivity contribution >= 4 is 8.25 Å². The molecule has 0 unspecified atom stereocenters. The minimum atomic E-state index is -2.20. The Hall–Kier alpha value is -0.300. The van der Waals surface area contributed by atoms with Crippen molar-refractivity contribution in [1.82, 2.24) is 0 Å². The highest BCUT2D eigenvalue weighted by molar-refractivity contribution is 7.33. The molecular formula is C16H34O11P+. The van der Waals surface area contributed by atoms with E-state index in [1.807, 2.05) is 0 Å². The molecule has 11 nitrogen and oxygen atoms in total. The molecule has 2 N–H and O–H groups in total. The molecule has 0 spiro atoms. The van der Waals surface area contributed by atoms with Gasteiger partial charge in [-0.15, -0.1) is 9.05 Å². The quantitative estimate of drug-likeness (QED) is 0.154. The predicted octanol–water partition coefficient (Wildman–Crippen LogP) is -0.239. The Bertz CT molecular complexity index is 295. The van der Waals surface area contributed by atoms with Gasteiger partial charge < -0.3 is 38.6 Å². The molecule has 168 valence electrons. The van der Waals surface area contributed by atoms with Crippen LogP contribution in [0, 0.1) is 0 Å². The summed E-state index contributed by atoms with van der Waals surface area (Å²) in [4.78, 5) is 0. The number of hydrogen-bond acceptors (Lipinski definition) is 11. The Kier molecular flexibility index (Phi) is 24.5. The zero-order valence-corrected chi connectivity index (χ0v) is 17.2. The maximum absolute atomic E-state index is 11.4. The third-order valence-corrected chi connectivity index (χ3v) is 3.59. The molecular weight excluding hydrogens is 399 g/mol. The van der Waals surface area contributed by atoms with E-state index in [0.717, 1.165) is 0 Å². The number of aliphatic hydroxyl groups excluding tert-OH is 2. The lowest BCUT2D eigenvalue weighted by molar-refractivity contribution is 0.000593. The van der Waals surface area contributed by atoms with Gasteiger partial charge in [-0.3, -0.25) is 0 Å². The summed E-state index contributed by atoms with van der Waals surface area (Å²) in [5.41, 5.74) is 0. The van der Waals surface area contributed by atoms with Crippen LogP contribution in [0.5, 0.6) is 0 Å². The van der Waals surface area contributed by atoms with Crippen LogP contribution in [-0.2, 0) is 42.0 Å². The van der Waals surface area contributed by atoms with Crippen molar-refractivity contribution in [2.75, 3.05) is 106 Å². The molecule has 12 heteroatoms. The Morgan fingerprint density at radius 1 is 0.429 bits per heavy atom. The number of hydrogen-bond donors (Lipinski definition) is 2. The van der Waals surface area contributed by atoms with Gasteiger partial charge in [0.1, 0.15) is 13.2 Å². The van der Waals surface area contributed by atoms with Gasteiger partial charge in [0, 0.05) is 4.57 Å². The van der Waals surface area contributed by atoms with Crippen molar-refractivity contribution in [2.45, 2.75) is 0 Å². The van der Waals surface area contributed by atoms with Crippen LogP contribution in [0.2, 0.25) is 0 Å². The first kappa shape index (κ1) is 27.7. The first-order valence-electron chi connectivity index (χ1n) is 9.22. The van der Waals surface area contributed by atoms with Gasteiger partial charge in [0.2, 0.25) is 0 Å². The van der Waals surface area contributed by atoms with Crippen LogP contribution in [0.3, 0.4) is 0 Å². The summed E-state index contributed by atoms with van der Waals surface area (Å²) in [6, 6.07) is 0. The Morgan fingerprint density at radius 2 is 0.679 bits per heavy atom. The lowest BCUT2D eigenvalue weighted by atomic mass is 10.7. The van der Waals surface area contributed by atoms with Gasteiger partial charge in [-0.2, -0.15) is 0 Å². The molecule has 0 radical (unpaired) electrons. The summed E-state index contributed by atoms with van der Waals surface area (Å²) < 4.78 is 52.4. The maximum Gasteiger partial charge on any atom is 0.697 e. The van der Waals surface area contributed by atoms with Crippen LogP contribution in [-0.4, -0.2) is 116 Å². The molecule has 0 aliphatic heterocycles. The molecule has 0 rings (SSSR count). The second kappa shape index (κ2) is 24.7. The first-order valence-corrected chi connectivity index (χ1v) is 10.3. The minimum absolute atomic E-state index is 0.000539. The molecule has 0 aliphatic carbocycles. The van der Waals surface area contributed by atoms with E-state index in [-0.39, 0.29) is 39.6 Å². The third-order valence-electron chi connectivity index (χ3n) is 2.81. The Balaban J connectivity index is 3.13. The van der Waals surface area contributed by atoms with Crippen molar-refractivity contribution < 1.29 is 52.2 Å². The summed E-state index contributed by atoms with van der Waals surface area (Å²) in [6.07, 6.45) is 0. The fourth-order valence-electron chi connectivity index (χ4n) is 1.59. The van der Waals surface area contributed by atoms with Crippen LogP contribution < -0.4 is 0 Å². The molecule has 0 saturated carbocycles. The van der Waals surface area contributed by atoms with Gasteiger partial charge in [-0.1, -0.05) is 0 Å². The van der Waals surface area contributed by atoms with E-state index < -0.39 is 8.25 Å². The second-order valence-electron chi connectivity index (χ2n) is 5.01. The van der Waals surface area contributed by atoms with Crippen molar-refractivity contribution in [1.29, 1.82) is 0 Å². The van der Waals surface area contributed by atoms with Gasteiger partial charge in [0.15, 0.2) is 0 Å². The maximum atomic E-state index is 11.4. The van der Waals surface area contributed by atoms with Gasteiger partial charge in [-0.25, -0.2) is 0 Å². The summed E-state index contributed by atoms with van der Waals surface area (Å²) in [5, 5.41) is 17.0. The van der Waals surface area contributed by atoms with Crippen molar-refractivity contribution in [3.63, 3.8) is 0 Å². The fourth-order valence-corrected chi connectivity index (χ4v) is 2.11. The van der Waals surface area contributed by atoms with Crippen LogP contribution in [0.1, 0.15) is 0 Å². The molecule has 0 aromatic heterocycles. The van der Waals surface area contributed by atoms with E-state index in [0.29, 0.717) is 66.1 Å². The largest absolute Gasteiger partial charge is 0.697 e. The van der Waals surface area contributed by atoms with E-state index in [2.05, 4.69) is 0 Å². The smallest absolute Gasteiger partial charge is 0.394 e. The molecule has 0 atom stereocenters. The fraction of sp³-hybridized carbons (Fsp3) is 1.00. The molecule has 0 bridgehead atoms. The molecule has 0 saturated heterocycles. The average Bonchev–Trinajstić information content (AvgIpc) is 2.70. The van der Waals surface area contributed by atoms with Crippen molar-refractivity contribution in [3.8, 4) is 0 Å². The van der Waals surface area contributed by atoms with Crippen LogP contribution in [0.4, 0.5) is 0 Å². The van der Waals surface area contributed by atoms with E-state index in [1.54, 1.807) is 0 Å². The van der Waals surface area contributed by atoms with Crippen molar-refractivity contribution in [2.24, 2.45) is 0 Å². The normalized spacial score (nSPS) is 11.2. The van der Waals surface area contributed by atoms with Gasteiger partial charge in [0.25, 0.3) is 0 Å². The van der Waals surface area contributed by atoms with E-state index in [9.17, 15) is 4.57 Å². The number of ether oxygens (including phenoxy) is 6. The second-order valence-corrected chi connectivity index (χ2v) is 5.98. The van der Waals surface area contributed by atoms with Crippen molar-refractivity contribution in [3.05, 3.63) is 0 Å². The highest BCUT2D eigenvalue weighted by Gasteiger charge is 2.19. The molecule has 28 heavy (non-hydrogen) atoms. The number of aliphatic hydroxyl groups is 2. The highest BCUT2D eigenvalue weighted by Crippen LogP contribution is 2.22. The zero-order chi connectivity index (χ0) is 20.5. The lowest BCUT2D eigenvalue weighted by Crippen LogP contribution is -2.12. The molecule has 0 fully saturated rings. The van der Waals surface area contributed by atoms with Crippen LogP contribution >= 0.6 is 8.25 Å². The molecule has 0 heterocycles. The summed E-state index contributed by atoms with van der Waals surface area (Å²) in [6.45, 7) is 4.84. The molecule has 0 aromatic rings. The van der Waals surface area contributed by atoms with Crippen LogP contribution in [0.15, 0.2) is 0 Å². The predicted molar refractivity (Wildman–Crippen MR) is 98.6 cm³/mol. The molecule has 0 aromatic carbocycles. The van der Waals surface area contributed by atoms with E-state index >= 15 is 0 Å². The van der Waals surface area contributed by atoms with Gasteiger partial charge in [-0.05, 0) is 0 Å². The highest BCUT2D eigenvalue weighted by atomic mass is 31.1. The Morgan fingerprint density at radius 3 is 0.964 bits per heavy atom. The van der Waals surface area contributed by atoms with Crippen LogP contribution in [0.25, 0.3) is 0 Å². The van der Waals surface area contributed by atoms with Gasteiger partial charge in [0.05, 0.1) is 92.5 Å². The summed E-state index contributed by atoms with van der Waals surface area (Å²) in [5.74, 6) is 0. The summed E-state index contributed by atoms with van der Waals surface area (Å²) >= 11 is 0. The number of rotatable bonds is 24. The summed E-state index contributed by atoms with van der Waals surface area (Å²) in [7, 11) is -2.20. The van der Waals surface area contributed by atoms with E-state index in [1.165, 1.54) is 0 Å². The third kappa shape index (κ3) is 23.7. The molecule has 0 aliphatic rings. The van der Waals surface area contributed by atoms with Gasteiger partial charge >= 0.3 is 8.25 Å². The standard InChI is InChI=1S/C16H34O11P/c17-1-3-20-5-7-22-9-11-24-13-15-26-28(19)27-16-14-25-12-10-23-8-6-21-4-2-18/h17-18H,1-16H2/q+1. The lowest BCUT2D eigenvalue weighted by Gasteiger charge is -2.05. The minimum Gasteiger partial charge on any atom is -0.394 e. The zero-order valence-electron chi connectivity index (χ0n) is 16.3. The van der Waals surface area contributed by atoms with E-state index in [4.69, 9.17) is 47.7 Å². The first-order chi connectivity index (χ1) is 13.8. The monoisotopic (exact) mass is 433 g/mol. The average molecular weight is 433 g/mol. The topological polar surface area (TPSA) is 131 Å². The molecule has 0 amide bonds.